The van der Waals surface area contributed by atoms with E-state index < -0.39 is 6.04 Å². The molecule has 0 radical (unpaired) electrons. The van der Waals surface area contributed by atoms with Gasteiger partial charge in [-0.05, 0) is 29.3 Å². The van der Waals surface area contributed by atoms with Crippen LogP contribution < -0.4 is 5.32 Å². The highest BCUT2D eigenvalue weighted by molar-refractivity contribution is 5.94. The predicted molar refractivity (Wildman–Crippen MR) is 107 cm³/mol. The van der Waals surface area contributed by atoms with E-state index >= 15 is 0 Å². The number of nitrogens with zero attached hydrogens (tertiary/aromatic N) is 1. The van der Waals surface area contributed by atoms with Gasteiger partial charge in [0.2, 0.25) is 0 Å². The highest BCUT2D eigenvalue weighted by Crippen LogP contribution is 2.35. The summed E-state index contributed by atoms with van der Waals surface area (Å²) in [5, 5.41) is 4.53. The van der Waals surface area contributed by atoms with E-state index in [2.05, 4.69) is 16.4 Å². The monoisotopic (exact) mass is 377 g/mol. The van der Waals surface area contributed by atoms with Gasteiger partial charge < -0.3 is 14.6 Å². The van der Waals surface area contributed by atoms with Gasteiger partial charge in [0, 0.05) is 42.7 Å². The van der Waals surface area contributed by atoms with E-state index in [1.54, 1.807) is 19.0 Å². The number of H-pyrrole nitrogens is 1. The van der Waals surface area contributed by atoms with Crippen molar-refractivity contribution in [2.75, 3.05) is 21.2 Å². The summed E-state index contributed by atoms with van der Waals surface area (Å²) in [5.74, 6) is -0.317. The molecule has 6 heteroatoms. The van der Waals surface area contributed by atoms with Crippen LogP contribution in [-0.2, 0) is 16.0 Å². The molecule has 2 aromatic carbocycles. The second-order valence-corrected chi connectivity index (χ2v) is 7.26. The maximum absolute atomic E-state index is 12.3. The molecule has 28 heavy (non-hydrogen) atoms. The highest BCUT2D eigenvalue weighted by atomic mass is 16.5. The lowest BCUT2D eigenvalue weighted by molar-refractivity contribution is -0.143. The van der Waals surface area contributed by atoms with Gasteiger partial charge in [0.1, 0.15) is 6.04 Å². The molecule has 1 aromatic heterocycles. The van der Waals surface area contributed by atoms with Crippen LogP contribution in [-0.4, -0.2) is 49.0 Å². The number of carbonyl (C=O) groups excluding carboxylic acids is 2. The lowest BCUT2D eigenvalue weighted by Crippen LogP contribution is -2.45. The van der Waals surface area contributed by atoms with E-state index in [1.807, 2.05) is 42.5 Å². The Morgan fingerprint density at radius 2 is 1.79 bits per heavy atom. The van der Waals surface area contributed by atoms with Crippen LogP contribution in [0.1, 0.15) is 33.2 Å². The van der Waals surface area contributed by atoms with Gasteiger partial charge in [-0.25, -0.2) is 0 Å². The molecule has 1 aliphatic rings. The summed E-state index contributed by atoms with van der Waals surface area (Å²) in [4.78, 5) is 29.5. The molecule has 0 saturated carbocycles. The number of rotatable bonds is 3. The zero-order valence-electron chi connectivity index (χ0n) is 16.2. The average molecular weight is 377 g/mol. The summed E-state index contributed by atoms with van der Waals surface area (Å²) in [6, 6.07) is 15.0. The molecule has 4 rings (SSSR count). The number of amides is 1. The van der Waals surface area contributed by atoms with Crippen LogP contribution in [0.5, 0.6) is 0 Å². The lowest BCUT2D eigenvalue weighted by Gasteiger charge is -2.30. The Hall–Kier alpha value is -3.12. The van der Waals surface area contributed by atoms with Gasteiger partial charge in [0.25, 0.3) is 5.91 Å². The molecule has 6 nitrogen and oxygen atoms in total. The SMILES string of the molecule is COC(=O)[C@H]1Cc2c([nH]c3ccccc23)[C@H](c2ccc(C(=O)N(C)C)cc2)N1. The largest absolute Gasteiger partial charge is 0.468 e. The van der Waals surface area contributed by atoms with Gasteiger partial charge >= 0.3 is 5.97 Å². The number of fused-ring (bicyclic) bond motifs is 3. The summed E-state index contributed by atoms with van der Waals surface area (Å²) in [7, 11) is 4.87. The second kappa shape index (κ2) is 7.13. The van der Waals surface area contributed by atoms with Gasteiger partial charge in [0.05, 0.1) is 13.2 Å². The summed E-state index contributed by atoms with van der Waals surface area (Å²) in [6.07, 6.45) is 0.569. The zero-order chi connectivity index (χ0) is 19.8. The van der Waals surface area contributed by atoms with E-state index in [0.29, 0.717) is 12.0 Å². The Kier molecular flexibility index (Phi) is 4.65. The third-order valence-electron chi connectivity index (χ3n) is 5.29. The van der Waals surface area contributed by atoms with E-state index in [9.17, 15) is 9.59 Å². The van der Waals surface area contributed by atoms with Crippen molar-refractivity contribution < 1.29 is 14.3 Å². The Morgan fingerprint density at radius 1 is 1.07 bits per heavy atom. The molecule has 1 aliphatic heterocycles. The fourth-order valence-electron chi connectivity index (χ4n) is 3.87. The minimum atomic E-state index is -0.426. The smallest absolute Gasteiger partial charge is 0.323 e. The number of ether oxygens (including phenoxy) is 1. The van der Waals surface area contributed by atoms with Gasteiger partial charge in [-0.2, -0.15) is 0 Å². The predicted octanol–water partition coefficient (Wildman–Crippen LogP) is 2.65. The van der Waals surface area contributed by atoms with E-state index in [-0.39, 0.29) is 17.9 Å². The number of nitrogens with one attached hydrogen (secondary N) is 2. The van der Waals surface area contributed by atoms with Crippen molar-refractivity contribution in [1.29, 1.82) is 0 Å². The van der Waals surface area contributed by atoms with Crippen molar-refractivity contribution in [2.45, 2.75) is 18.5 Å². The van der Waals surface area contributed by atoms with Crippen LogP contribution in [0.3, 0.4) is 0 Å². The van der Waals surface area contributed by atoms with Crippen molar-refractivity contribution in [1.82, 2.24) is 15.2 Å². The molecule has 2 heterocycles. The number of methoxy groups -OCH3 is 1. The topological polar surface area (TPSA) is 74.4 Å². The molecule has 0 spiro atoms. The first kappa shape index (κ1) is 18.3. The fraction of sp³-hybridized carbons (Fsp3) is 0.273. The standard InChI is InChI=1S/C22H23N3O3/c1-25(2)21(26)14-10-8-13(9-11-14)19-20-16(12-18(24-19)22(27)28-3)15-6-4-5-7-17(15)23-20/h4-11,18-19,23-24H,12H2,1-3H3/t18-,19+/m1/s1. The maximum atomic E-state index is 12.3. The van der Waals surface area contributed by atoms with Crippen molar-refractivity contribution in [3.8, 4) is 0 Å². The maximum Gasteiger partial charge on any atom is 0.323 e. The molecule has 0 unspecified atom stereocenters. The van der Waals surface area contributed by atoms with E-state index in [1.165, 1.54) is 7.11 Å². The normalized spacial score (nSPS) is 18.5. The number of hydrogen-bond donors (Lipinski definition) is 2. The number of carbonyl (C=O) groups is 2. The molecule has 2 atom stereocenters. The summed E-state index contributed by atoms with van der Waals surface area (Å²) >= 11 is 0. The Bertz CT molecular complexity index is 1040. The van der Waals surface area contributed by atoms with Crippen LogP contribution in [0.15, 0.2) is 48.5 Å². The molecule has 144 valence electrons. The second-order valence-electron chi connectivity index (χ2n) is 7.26. The lowest BCUT2D eigenvalue weighted by atomic mass is 9.90. The summed E-state index contributed by atoms with van der Waals surface area (Å²) in [6.45, 7) is 0. The van der Waals surface area contributed by atoms with Crippen molar-refractivity contribution in [2.24, 2.45) is 0 Å². The number of aromatic nitrogens is 1. The number of esters is 1. The van der Waals surface area contributed by atoms with Crippen LogP contribution in [0, 0.1) is 0 Å². The molecular formula is C22H23N3O3. The van der Waals surface area contributed by atoms with Gasteiger partial charge in [-0.1, -0.05) is 30.3 Å². The number of hydrogen-bond acceptors (Lipinski definition) is 4. The molecule has 1 amide bonds. The minimum Gasteiger partial charge on any atom is -0.468 e. The van der Waals surface area contributed by atoms with Gasteiger partial charge in [-0.15, -0.1) is 0 Å². The van der Waals surface area contributed by atoms with Crippen LogP contribution in [0.2, 0.25) is 0 Å². The minimum absolute atomic E-state index is 0.0399. The molecular weight excluding hydrogens is 354 g/mol. The molecule has 0 fully saturated rings. The van der Waals surface area contributed by atoms with Crippen molar-refractivity contribution >= 4 is 22.8 Å². The van der Waals surface area contributed by atoms with Crippen molar-refractivity contribution in [3.05, 3.63) is 70.9 Å². The molecule has 3 aromatic rings. The number of para-hydroxylation sites is 1. The third-order valence-corrected chi connectivity index (χ3v) is 5.29. The van der Waals surface area contributed by atoms with Crippen molar-refractivity contribution in [3.63, 3.8) is 0 Å². The molecule has 0 bridgehead atoms. The Labute approximate surface area is 163 Å². The summed E-state index contributed by atoms with van der Waals surface area (Å²) in [5.41, 5.74) is 4.84. The quantitative estimate of drug-likeness (QED) is 0.688. The Balaban J connectivity index is 1.77. The fourth-order valence-corrected chi connectivity index (χ4v) is 3.87. The van der Waals surface area contributed by atoms with E-state index in [0.717, 1.165) is 27.7 Å². The van der Waals surface area contributed by atoms with Gasteiger partial charge in [-0.3, -0.25) is 14.9 Å². The van der Waals surface area contributed by atoms with E-state index in [4.69, 9.17) is 4.74 Å². The van der Waals surface area contributed by atoms with Gasteiger partial charge in [0.15, 0.2) is 0 Å². The van der Waals surface area contributed by atoms with Crippen LogP contribution in [0.4, 0.5) is 0 Å². The third kappa shape index (κ3) is 3.05. The molecule has 2 N–H and O–H groups in total. The van der Waals surface area contributed by atoms with Crippen LogP contribution in [0.25, 0.3) is 10.9 Å². The number of aromatic amines is 1. The first-order valence-corrected chi connectivity index (χ1v) is 9.24. The average Bonchev–Trinajstić information content (AvgIpc) is 3.10. The molecule has 0 saturated heterocycles. The summed E-state index contributed by atoms with van der Waals surface area (Å²) < 4.78 is 4.99. The highest BCUT2D eigenvalue weighted by Gasteiger charge is 2.34. The Morgan fingerprint density at radius 3 is 2.46 bits per heavy atom. The number of benzene rings is 2. The zero-order valence-corrected chi connectivity index (χ0v) is 16.2. The first-order valence-electron chi connectivity index (χ1n) is 9.24. The van der Waals surface area contributed by atoms with Crippen LogP contribution >= 0.6 is 0 Å². The molecule has 0 aliphatic carbocycles. The first-order chi connectivity index (χ1) is 13.5.